The number of aromatic nitrogens is 2. The SMILES string of the molecule is CCOc1ccn(-c2ccc(F)c(OP(=O)(O)O)c2)c(=O)c1C(=O)Cc1ccc(Oc2ccnc(N)c2Cl)c(F)c1. The van der Waals surface area contributed by atoms with Crippen molar-refractivity contribution in [3.05, 3.63) is 99.1 Å². The summed E-state index contributed by atoms with van der Waals surface area (Å²) in [5, 5.41) is -0.00321. The van der Waals surface area contributed by atoms with Crippen molar-refractivity contribution in [3.63, 3.8) is 0 Å². The summed E-state index contributed by atoms with van der Waals surface area (Å²) in [6, 6.07) is 9.35. The van der Waals surface area contributed by atoms with Gasteiger partial charge < -0.3 is 19.7 Å². The number of phosphoric acid groups is 1. The number of rotatable bonds is 10. The maximum absolute atomic E-state index is 14.9. The predicted molar refractivity (Wildman–Crippen MR) is 144 cm³/mol. The summed E-state index contributed by atoms with van der Waals surface area (Å²) in [4.78, 5) is 48.6. The number of nitrogen functional groups attached to an aromatic ring is 1. The number of anilines is 1. The number of carbonyl (C=O) groups is 1. The Balaban J connectivity index is 1.66. The minimum atomic E-state index is -5.11. The molecule has 0 saturated heterocycles. The molecule has 0 spiro atoms. The molecule has 0 aliphatic carbocycles. The molecule has 2 aromatic heterocycles. The Morgan fingerprint density at radius 2 is 1.80 bits per heavy atom. The van der Waals surface area contributed by atoms with Gasteiger partial charge in [-0.3, -0.25) is 23.9 Å². The molecule has 4 aromatic rings. The molecule has 2 aromatic carbocycles. The number of phosphoric ester groups is 1. The van der Waals surface area contributed by atoms with Gasteiger partial charge in [-0.25, -0.2) is 18.3 Å². The lowest BCUT2D eigenvalue weighted by molar-refractivity contribution is 0.0987. The zero-order chi connectivity index (χ0) is 29.9. The van der Waals surface area contributed by atoms with Gasteiger partial charge in [-0.05, 0) is 42.8 Å². The Morgan fingerprint density at radius 3 is 2.49 bits per heavy atom. The summed E-state index contributed by atoms with van der Waals surface area (Å²) in [6.07, 6.45) is 2.17. The van der Waals surface area contributed by atoms with E-state index in [1.807, 2.05) is 0 Å². The molecule has 0 saturated carbocycles. The van der Waals surface area contributed by atoms with Crippen molar-refractivity contribution < 1.29 is 41.9 Å². The van der Waals surface area contributed by atoms with E-state index < -0.39 is 43.0 Å². The van der Waals surface area contributed by atoms with Gasteiger partial charge in [-0.1, -0.05) is 17.7 Å². The number of benzene rings is 2. The zero-order valence-electron chi connectivity index (χ0n) is 21.1. The first-order chi connectivity index (χ1) is 19.4. The fraction of sp³-hybridized carbons (Fsp3) is 0.115. The summed E-state index contributed by atoms with van der Waals surface area (Å²) >= 11 is 6.04. The van der Waals surface area contributed by atoms with Crippen molar-refractivity contribution in [1.29, 1.82) is 0 Å². The number of nitrogens with zero attached hydrogens (tertiary/aromatic N) is 2. The van der Waals surface area contributed by atoms with Gasteiger partial charge >= 0.3 is 7.82 Å². The van der Waals surface area contributed by atoms with Crippen molar-refractivity contribution in [2.45, 2.75) is 13.3 Å². The number of halogens is 3. The molecule has 0 radical (unpaired) electrons. The number of ether oxygens (including phenoxy) is 2. The predicted octanol–water partition coefficient (Wildman–Crippen LogP) is 4.83. The van der Waals surface area contributed by atoms with E-state index >= 15 is 0 Å². The first kappa shape index (κ1) is 29.7. The van der Waals surface area contributed by atoms with E-state index in [2.05, 4.69) is 9.51 Å². The molecular weight excluding hydrogens is 587 g/mol. The van der Waals surface area contributed by atoms with Crippen LogP contribution in [-0.4, -0.2) is 31.7 Å². The quantitative estimate of drug-likeness (QED) is 0.168. The fourth-order valence-corrected chi connectivity index (χ4v) is 4.29. The molecule has 0 bridgehead atoms. The maximum atomic E-state index is 14.9. The van der Waals surface area contributed by atoms with Gasteiger partial charge in [0.25, 0.3) is 5.56 Å². The van der Waals surface area contributed by atoms with Crippen LogP contribution in [0.15, 0.2) is 65.7 Å². The van der Waals surface area contributed by atoms with E-state index in [4.69, 9.17) is 36.6 Å². The van der Waals surface area contributed by atoms with Gasteiger partial charge in [-0.2, -0.15) is 0 Å². The molecule has 41 heavy (non-hydrogen) atoms. The molecule has 0 aliphatic heterocycles. The van der Waals surface area contributed by atoms with Crippen molar-refractivity contribution in [3.8, 4) is 28.7 Å². The Morgan fingerprint density at radius 1 is 1.05 bits per heavy atom. The van der Waals surface area contributed by atoms with Gasteiger partial charge in [0.15, 0.2) is 34.7 Å². The largest absolute Gasteiger partial charge is 0.524 e. The second-order valence-corrected chi connectivity index (χ2v) is 9.88. The Labute approximate surface area is 235 Å². The molecule has 0 atom stereocenters. The lowest BCUT2D eigenvalue weighted by Gasteiger charge is -2.14. The summed E-state index contributed by atoms with van der Waals surface area (Å²) in [5.74, 6) is -3.61. The highest BCUT2D eigenvalue weighted by atomic mass is 35.5. The van der Waals surface area contributed by atoms with Crippen LogP contribution in [0.2, 0.25) is 5.02 Å². The standard InChI is InChI=1S/C26H21ClF2N3O8P/c1-2-38-20-8-10-32(15-4-5-16(28)22(13-15)40-41(35,36)37)26(34)23(20)18(33)12-14-3-6-19(17(29)11-14)39-21-7-9-31-25(30)24(21)27/h3-11,13H,2,12H2,1H3,(H2,30,31)(H2,35,36,37). The maximum Gasteiger partial charge on any atom is 0.524 e. The van der Waals surface area contributed by atoms with Gasteiger partial charge in [0.05, 0.1) is 12.3 Å². The number of hydrogen-bond acceptors (Lipinski definition) is 8. The number of carbonyl (C=O) groups excluding carboxylic acids is 1. The van der Waals surface area contributed by atoms with Crippen LogP contribution >= 0.6 is 19.4 Å². The zero-order valence-corrected chi connectivity index (χ0v) is 22.7. The van der Waals surface area contributed by atoms with E-state index in [9.17, 15) is 22.9 Å². The molecule has 15 heteroatoms. The Hall–Kier alpha value is -4.29. The first-order valence-electron chi connectivity index (χ1n) is 11.7. The van der Waals surface area contributed by atoms with Crippen molar-refractivity contribution in [2.24, 2.45) is 0 Å². The summed E-state index contributed by atoms with van der Waals surface area (Å²) in [7, 11) is -5.11. The van der Waals surface area contributed by atoms with Crippen LogP contribution in [0.4, 0.5) is 14.6 Å². The highest BCUT2D eigenvalue weighted by Gasteiger charge is 2.23. The first-order valence-corrected chi connectivity index (χ1v) is 13.6. The van der Waals surface area contributed by atoms with E-state index in [0.717, 1.165) is 28.8 Å². The van der Waals surface area contributed by atoms with Crippen LogP contribution < -0.4 is 25.3 Å². The summed E-state index contributed by atoms with van der Waals surface area (Å²) in [5.41, 5.74) is 4.53. The molecule has 2 heterocycles. The number of pyridine rings is 2. The summed E-state index contributed by atoms with van der Waals surface area (Å²) < 4.78 is 56.4. The number of hydrogen-bond donors (Lipinski definition) is 3. The number of ketones is 1. The van der Waals surface area contributed by atoms with Crippen LogP contribution in [-0.2, 0) is 11.0 Å². The third-order valence-electron chi connectivity index (χ3n) is 5.50. The molecule has 0 aliphatic rings. The third-order valence-corrected chi connectivity index (χ3v) is 6.32. The Bertz CT molecular complexity index is 1740. The molecular formula is C26H21ClF2N3O8P. The molecule has 0 fully saturated rings. The highest BCUT2D eigenvalue weighted by molar-refractivity contribution is 7.46. The van der Waals surface area contributed by atoms with Gasteiger partial charge in [-0.15, -0.1) is 0 Å². The van der Waals surface area contributed by atoms with Crippen LogP contribution in [0, 0.1) is 11.6 Å². The van der Waals surface area contributed by atoms with Gasteiger partial charge in [0.2, 0.25) is 0 Å². The number of nitrogens with two attached hydrogens (primary N) is 1. The lowest BCUT2D eigenvalue weighted by atomic mass is 10.0. The molecule has 4 N–H and O–H groups in total. The Kier molecular flexibility index (Phi) is 8.74. The van der Waals surface area contributed by atoms with Crippen LogP contribution in [0.5, 0.6) is 23.0 Å². The van der Waals surface area contributed by atoms with Crippen molar-refractivity contribution >= 4 is 31.0 Å². The summed E-state index contributed by atoms with van der Waals surface area (Å²) in [6.45, 7) is 1.76. The van der Waals surface area contributed by atoms with Gasteiger partial charge in [0.1, 0.15) is 22.2 Å². The fourth-order valence-electron chi connectivity index (χ4n) is 3.74. The van der Waals surface area contributed by atoms with Crippen molar-refractivity contribution in [2.75, 3.05) is 12.3 Å². The number of Topliss-reactive ketones (excluding diaryl/α,β-unsaturated/α-hetero) is 1. The molecule has 214 valence electrons. The molecule has 0 unspecified atom stereocenters. The second-order valence-electron chi connectivity index (χ2n) is 8.33. The smallest absolute Gasteiger partial charge is 0.493 e. The molecule has 0 amide bonds. The second kappa shape index (κ2) is 12.1. The van der Waals surface area contributed by atoms with E-state index in [-0.39, 0.29) is 51.5 Å². The van der Waals surface area contributed by atoms with E-state index in [0.29, 0.717) is 0 Å². The topological polar surface area (TPSA) is 163 Å². The highest BCUT2D eigenvalue weighted by Crippen LogP contribution is 2.39. The normalized spacial score (nSPS) is 11.3. The molecule has 11 nitrogen and oxygen atoms in total. The minimum absolute atomic E-state index is 0.00316. The van der Waals surface area contributed by atoms with E-state index in [1.54, 1.807) is 6.92 Å². The van der Waals surface area contributed by atoms with Crippen LogP contribution in [0.25, 0.3) is 5.69 Å². The lowest BCUT2D eigenvalue weighted by Crippen LogP contribution is -2.27. The minimum Gasteiger partial charge on any atom is -0.493 e. The third kappa shape index (κ3) is 6.90. The van der Waals surface area contributed by atoms with Crippen LogP contribution in [0.1, 0.15) is 22.8 Å². The molecule has 4 rings (SSSR count). The van der Waals surface area contributed by atoms with Crippen LogP contribution in [0.3, 0.4) is 0 Å². The van der Waals surface area contributed by atoms with E-state index in [1.165, 1.54) is 36.7 Å². The van der Waals surface area contributed by atoms with Crippen molar-refractivity contribution in [1.82, 2.24) is 9.55 Å². The average Bonchev–Trinajstić information content (AvgIpc) is 2.89. The monoisotopic (exact) mass is 607 g/mol. The average molecular weight is 608 g/mol. The van der Waals surface area contributed by atoms with Gasteiger partial charge in [0, 0.05) is 30.9 Å².